The standard InChI is InChI=1S/C29H30F6N4O2/c30-28(31,32)20-12-18(13-21(15-20)29(33,34)35)26(40)39-11-10-38(27(41)37-22-6-2-1-3-7-22)17-23(39)14-19-16-36-25-9-5-4-8-24(19)25/h4-5,8-9,12-13,15-16,22-23,36H,1-3,6-7,10-11,14,17H2,(H,37,41)/t23-/m1/s1. The monoisotopic (exact) mass is 580 g/mol. The molecule has 0 radical (unpaired) electrons. The zero-order chi connectivity index (χ0) is 29.4. The van der Waals surface area contributed by atoms with Gasteiger partial charge in [0.1, 0.15) is 0 Å². The van der Waals surface area contributed by atoms with E-state index in [9.17, 15) is 35.9 Å². The minimum atomic E-state index is -5.07. The summed E-state index contributed by atoms with van der Waals surface area (Å²) in [4.78, 5) is 32.8. The Morgan fingerprint density at radius 1 is 0.902 bits per heavy atom. The van der Waals surface area contributed by atoms with E-state index in [0.29, 0.717) is 12.1 Å². The minimum Gasteiger partial charge on any atom is -0.361 e. The summed E-state index contributed by atoms with van der Waals surface area (Å²) in [6.07, 6.45) is -3.23. The number of rotatable bonds is 4. The Labute approximate surface area is 232 Å². The smallest absolute Gasteiger partial charge is 0.361 e. The lowest BCUT2D eigenvalue weighted by Crippen LogP contribution is -2.59. The number of nitrogens with zero attached hydrogens (tertiary/aromatic N) is 2. The average molecular weight is 581 g/mol. The Kier molecular flexibility index (Phi) is 7.93. The lowest BCUT2D eigenvalue weighted by atomic mass is 9.95. The number of nitrogens with one attached hydrogen (secondary N) is 2. The number of hydrogen-bond acceptors (Lipinski definition) is 2. The van der Waals surface area contributed by atoms with Gasteiger partial charge in [-0.05, 0) is 49.1 Å². The number of carbonyl (C=O) groups excluding carboxylic acids is 2. The first-order valence-corrected chi connectivity index (χ1v) is 13.6. The second kappa shape index (κ2) is 11.3. The van der Waals surface area contributed by atoms with Crippen molar-refractivity contribution in [3.8, 4) is 0 Å². The molecule has 0 spiro atoms. The molecule has 0 bridgehead atoms. The first-order valence-electron chi connectivity index (χ1n) is 13.6. The van der Waals surface area contributed by atoms with Crippen molar-refractivity contribution in [2.75, 3.05) is 19.6 Å². The molecule has 3 aromatic rings. The van der Waals surface area contributed by atoms with E-state index in [1.54, 1.807) is 11.1 Å². The number of para-hydroxylation sites is 1. The van der Waals surface area contributed by atoms with Crippen molar-refractivity contribution in [3.63, 3.8) is 0 Å². The van der Waals surface area contributed by atoms with E-state index in [-0.39, 0.29) is 44.2 Å². The molecule has 5 rings (SSSR count). The maximum atomic E-state index is 13.6. The fraction of sp³-hybridized carbons (Fsp3) is 0.448. The number of aromatic amines is 1. The van der Waals surface area contributed by atoms with E-state index >= 15 is 0 Å². The highest BCUT2D eigenvalue weighted by molar-refractivity contribution is 5.95. The van der Waals surface area contributed by atoms with Gasteiger partial charge in [-0.3, -0.25) is 4.79 Å². The number of amides is 3. The molecule has 1 saturated heterocycles. The molecule has 2 aromatic carbocycles. The zero-order valence-corrected chi connectivity index (χ0v) is 22.1. The Morgan fingerprint density at radius 2 is 1.56 bits per heavy atom. The third-order valence-electron chi connectivity index (χ3n) is 7.93. The van der Waals surface area contributed by atoms with Crippen LogP contribution in [-0.2, 0) is 18.8 Å². The summed E-state index contributed by atoms with van der Waals surface area (Å²) in [7, 11) is 0. The van der Waals surface area contributed by atoms with Gasteiger partial charge in [-0.15, -0.1) is 0 Å². The first kappa shape index (κ1) is 28.8. The highest BCUT2D eigenvalue weighted by Gasteiger charge is 2.40. The quantitative estimate of drug-likeness (QED) is 0.341. The van der Waals surface area contributed by atoms with Crippen LogP contribution in [0.2, 0.25) is 0 Å². The van der Waals surface area contributed by atoms with Gasteiger partial charge in [0.25, 0.3) is 5.91 Å². The fourth-order valence-corrected chi connectivity index (χ4v) is 5.79. The van der Waals surface area contributed by atoms with Crippen LogP contribution in [0, 0.1) is 0 Å². The Bertz CT molecular complexity index is 1380. The summed E-state index contributed by atoms with van der Waals surface area (Å²) >= 11 is 0. The number of fused-ring (bicyclic) bond motifs is 1. The van der Waals surface area contributed by atoms with Gasteiger partial charge in [-0.1, -0.05) is 37.5 Å². The highest BCUT2D eigenvalue weighted by atomic mass is 19.4. The number of piperazine rings is 1. The molecule has 1 aromatic heterocycles. The molecular formula is C29H30F6N4O2. The van der Waals surface area contributed by atoms with Crippen LogP contribution in [0.5, 0.6) is 0 Å². The number of alkyl halides is 6. The lowest BCUT2D eigenvalue weighted by molar-refractivity contribution is -0.143. The molecule has 2 aliphatic rings. The van der Waals surface area contributed by atoms with E-state index < -0.39 is 41.0 Å². The Balaban J connectivity index is 1.45. The number of halogens is 6. The van der Waals surface area contributed by atoms with Crippen LogP contribution in [-0.4, -0.2) is 58.4 Å². The number of H-pyrrole nitrogens is 1. The summed E-state index contributed by atoms with van der Waals surface area (Å²) in [5.74, 6) is -0.946. The lowest BCUT2D eigenvalue weighted by Gasteiger charge is -2.42. The second-order valence-electron chi connectivity index (χ2n) is 10.7. The van der Waals surface area contributed by atoms with Crippen molar-refractivity contribution in [1.29, 1.82) is 0 Å². The Hall–Kier alpha value is -3.70. The predicted molar refractivity (Wildman–Crippen MR) is 140 cm³/mol. The molecule has 6 nitrogen and oxygen atoms in total. The van der Waals surface area contributed by atoms with Gasteiger partial charge in [0, 0.05) is 48.3 Å². The van der Waals surface area contributed by atoms with Crippen LogP contribution in [0.15, 0.2) is 48.7 Å². The molecule has 1 aliphatic heterocycles. The maximum absolute atomic E-state index is 13.6. The van der Waals surface area contributed by atoms with Gasteiger partial charge in [-0.2, -0.15) is 26.3 Å². The van der Waals surface area contributed by atoms with Crippen molar-refractivity contribution in [3.05, 3.63) is 70.9 Å². The number of urea groups is 1. The number of aromatic nitrogens is 1. The summed E-state index contributed by atoms with van der Waals surface area (Å²) in [6, 6.07) is 7.45. The highest BCUT2D eigenvalue weighted by Crippen LogP contribution is 2.37. The number of hydrogen-bond donors (Lipinski definition) is 2. The zero-order valence-electron chi connectivity index (χ0n) is 22.1. The summed E-state index contributed by atoms with van der Waals surface area (Å²) in [5.41, 5.74) is -2.13. The van der Waals surface area contributed by atoms with E-state index in [1.807, 2.05) is 24.3 Å². The fourth-order valence-electron chi connectivity index (χ4n) is 5.79. The van der Waals surface area contributed by atoms with E-state index in [1.165, 1.54) is 4.90 Å². The van der Waals surface area contributed by atoms with Crippen LogP contribution in [0.3, 0.4) is 0 Å². The normalized spacial score (nSPS) is 19.0. The SMILES string of the molecule is O=C(NC1CCCCC1)N1CCN(C(=O)c2cc(C(F)(F)F)cc(C(F)(F)F)c2)[C@H](Cc2c[nH]c3ccccc23)C1. The number of carbonyl (C=O) groups is 2. The summed E-state index contributed by atoms with van der Waals surface area (Å²) < 4.78 is 81.0. The molecule has 3 amide bonds. The van der Waals surface area contributed by atoms with Gasteiger partial charge < -0.3 is 20.1 Å². The van der Waals surface area contributed by atoms with Gasteiger partial charge in [0.2, 0.25) is 0 Å². The van der Waals surface area contributed by atoms with Gasteiger partial charge >= 0.3 is 18.4 Å². The van der Waals surface area contributed by atoms with E-state index in [0.717, 1.165) is 48.6 Å². The van der Waals surface area contributed by atoms with Crippen LogP contribution in [0.25, 0.3) is 10.9 Å². The third-order valence-corrected chi connectivity index (χ3v) is 7.93. The molecule has 0 unspecified atom stereocenters. The second-order valence-corrected chi connectivity index (χ2v) is 10.7. The van der Waals surface area contributed by atoms with Crippen molar-refractivity contribution in [2.45, 2.75) is 63.0 Å². The summed E-state index contributed by atoms with van der Waals surface area (Å²) in [5, 5.41) is 3.93. The number of benzene rings is 2. The van der Waals surface area contributed by atoms with Crippen LogP contribution >= 0.6 is 0 Å². The van der Waals surface area contributed by atoms with Gasteiger partial charge in [0.05, 0.1) is 17.2 Å². The molecule has 2 heterocycles. The van der Waals surface area contributed by atoms with Crippen molar-refractivity contribution >= 4 is 22.8 Å². The van der Waals surface area contributed by atoms with Crippen LogP contribution in [0.4, 0.5) is 31.1 Å². The molecule has 1 aliphatic carbocycles. The van der Waals surface area contributed by atoms with Crippen molar-refractivity contribution < 1.29 is 35.9 Å². The molecule has 2 N–H and O–H groups in total. The minimum absolute atomic E-state index is 0.00768. The van der Waals surface area contributed by atoms with Crippen molar-refractivity contribution in [1.82, 2.24) is 20.1 Å². The van der Waals surface area contributed by atoms with Crippen LogP contribution < -0.4 is 5.32 Å². The van der Waals surface area contributed by atoms with Crippen LogP contribution in [0.1, 0.15) is 59.2 Å². The van der Waals surface area contributed by atoms with E-state index in [4.69, 9.17) is 0 Å². The molecule has 41 heavy (non-hydrogen) atoms. The molecule has 12 heteroatoms. The largest absolute Gasteiger partial charge is 0.416 e. The molecular weight excluding hydrogens is 550 g/mol. The molecule has 1 atom stereocenters. The molecule has 1 saturated carbocycles. The van der Waals surface area contributed by atoms with Gasteiger partial charge in [0.15, 0.2) is 0 Å². The maximum Gasteiger partial charge on any atom is 0.416 e. The molecule has 2 fully saturated rings. The average Bonchev–Trinajstić information content (AvgIpc) is 3.34. The van der Waals surface area contributed by atoms with Crippen molar-refractivity contribution in [2.24, 2.45) is 0 Å². The first-order chi connectivity index (χ1) is 19.4. The Morgan fingerprint density at radius 3 is 2.22 bits per heavy atom. The third kappa shape index (κ3) is 6.46. The topological polar surface area (TPSA) is 68.4 Å². The van der Waals surface area contributed by atoms with E-state index in [2.05, 4.69) is 10.3 Å². The predicted octanol–water partition coefficient (Wildman–Crippen LogP) is 6.62. The molecule has 220 valence electrons. The summed E-state index contributed by atoms with van der Waals surface area (Å²) in [6.45, 7) is 0.135. The van der Waals surface area contributed by atoms with Gasteiger partial charge in [-0.25, -0.2) is 4.79 Å².